The molecule has 63 heavy (non-hydrogen) atoms. The largest absolute Gasteiger partial charge is 0.445 e. The van der Waals surface area contributed by atoms with Crippen molar-refractivity contribution in [1.82, 2.24) is 25.3 Å². The minimum Gasteiger partial charge on any atom is -0.445 e. The lowest BCUT2D eigenvalue weighted by atomic mass is 9.89. The number of nitrogens with zero attached hydrogens (tertiary/aromatic N) is 3. The third kappa shape index (κ3) is 13.9. The Bertz CT molecular complexity index is 1760. The highest BCUT2D eigenvalue weighted by Crippen LogP contribution is 2.30. The highest BCUT2D eigenvalue weighted by atomic mass is 16.6. The fraction of sp³-hybridized carbons (Fsp3) is 0.646. The molecule has 10 atom stereocenters. The number of nitrogens with one attached hydrogen (secondary N) is 3. The molecule has 0 aromatic heterocycles. The van der Waals surface area contributed by atoms with Gasteiger partial charge in [-0.05, 0) is 60.8 Å². The Morgan fingerprint density at radius 1 is 0.841 bits per heavy atom. The van der Waals surface area contributed by atoms with Gasteiger partial charge in [0.25, 0.3) is 0 Å². The third-order valence-corrected chi connectivity index (χ3v) is 12.7. The summed E-state index contributed by atoms with van der Waals surface area (Å²) in [6, 6.07) is 13.2. The molecule has 0 saturated carbocycles. The van der Waals surface area contributed by atoms with E-state index in [-0.39, 0.29) is 54.5 Å². The molecule has 352 valence electrons. The van der Waals surface area contributed by atoms with Gasteiger partial charge >= 0.3 is 6.09 Å². The number of benzene rings is 2. The highest BCUT2D eigenvalue weighted by Gasteiger charge is 2.43. The highest BCUT2D eigenvalue weighted by molar-refractivity contribution is 5.91. The molecule has 2 aromatic carbocycles. The van der Waals surface area contributed by atoms with Crippen LogP contribution in [0.3, 0.4) is 0 Å². The first kappa shape index (κ1) is 52.6. The van der Waals surface area contributed by atoms with Gasteiger partial charge in [-0.25, -0.2) is 4.79 Å². The van der Waals surface area contributed by atoms with Crippen molar-refractivity contribution in [2.75, 3.05) is 47.2 Å². The number of carbonyl (C=O) groups excluding carboxylic acids is 5. The smallest absolute Gasteiger partial charge is 0.410 e. The minimum absolute atomic E-state index is 0.0278. The second kappa shape index (κ2) is 24.9. The second-order valence-electron chi connectivity index (χ2n) is 17.8. The Labute approximate surface area is 375 Å². The second-order valence-corrected chi connectivity index (χ2v) is 17.8. The minimum atomic E-state index is -0.951. The fourth-order valence-electron chi connectivity index (χ4n) is 8.71. The van der Waals surface area contributed by atoms with Crippen molar-refractivity contribution in [3.05, 3.63) is 65.7 Å². The topological polar surface area (TPSA) is 179 Å². The molecular weight excluding hydrogens is 805 g/mol. The van der Waals surface area contributed by atoms with E-state index in [0.717, 1.165) is 17.7 Å². The van der Waals surface area contributed by atoms with Gasteiger partial charge in [0.05, 0.1) is 48.8 Å². The van der Waals surface area contributed by atoms with Crippen LogP contribution in [0.5, 0.6) is 0 Å². The molecule has 0 unspecified atom stereocenters. The lowest BCUT2D eigenvalue weighted by Gasteiger charge is -2.41. The van der Waals surface area contributed by atoms with Crippen LogP contribution in [-0.2, 0) is 40.0 Å². The number of likely N-dealkylation sites (N-methyl/N-ethyl adjacent to an activating group) is 2. The zero-order valence-corrected chi connectivity index (χ0v) is 39.9. The molecule has 1 fully saturated rings. The summed E-state index contributed by atoms with van der Waals surface area (Å²) in [7, 11) is 8.09. The lowest BCUT2D eigenvalue weighted by molar-refractivity contribution is -0.148. The van der Waals surface area contributed by atoms with Gasteiger partial charge in [-0.1, -0.05) is 97.4 Å². The van der Waals surface area contributed by atoms with Gasteiger partial charge in [0, 0.05) is 47.6 Å². The number of methoxy groups -OCH3 is 2. The van der Waals surface area contributed by atoms with Crippen molar-refractivity contribution in [2.24, 2.45) is 23.7 Å². The normalized spacial score (nSPS) is 18.3. The molecule has 1 aliphatic heterocycles. The van der Waals surface area contributed by atoms with Gasteiger partial charge in [-0.15, -0.1) is 0 Å². The van der Waals surface area contributed by atoms with Crippen LogP contribution >= 0.6 is 0 Å². The van der Waals surface area contributed by atoms with Crippen LogP contribution in [0.15, 0.2) is 54.6 Å². The summed E-state index contributed by atoms with van der Waals surface area (Å²) in [5.41, 5.74) is 2.41. The maximum atomic E-state index is 14.5. The SMILES string of the molecule is CC[C@H](C)[C@@H]([C@@H](CC(=O)N1CCC[C@H]1[C@H](OC)[C@@H](C)C(=O)N[C@H](C)[C@@H](O)c1ccccc1)OC)N(C)C(=O)[C@@H](NC(=O)[C@H](C(C)C)N(C)C(=O)OCc1ccc(NC)cc1)C(C)C. The van der Waals surface area contributed by atoms with Crippen molar-refractivity contribution in [3.63, 3.8) is 0 Å². The van der Waals surface area contributed by atoms with Crippen LogP contribution in [0.4, 0.5) is 10.5 Å². The number of carbonyl (C=O) groups is 5. The molecule has 0 spiro atoms. The molecule has 0 aliphatic carbocycles. The molecule has 1 saturated heterocycles. The van der Waals surface area contributed by atoms with E-state index in [9.17, 15) is 29.1 Å². The zero-order chi connectivity index (χ0) is 47.1. The summed E-state index contributed by atoms with van der Waals surface area (Å²) in [6.07, 6.45) is -0.873. The molecule has 5 amide bonds. The van der Waals surface area contributed by atoms with Gasteiger partial charge in [-0.2, -0.15) is 0 Å². The van der Waals surface area contributed by atoms with Crippen LogP contribution in [0.2, 0.25) is 0 Å². The van der Waals surface area contributed by atoms with Gasteiger partial charge < -0.3 is 45.1 Å². The molecular formula is C48H76N6O9. The number of aliphatic hydroxyl groups excluding tert-OH is 1. The van der Waals surface area contributed by atoms with Gasteiger partial charge in [0.2, 0.25) is 23.6 Å². The van der Waals surface area contributed by atoms with Crippen LogP contribution < -0.4 is 16.0 Å². The first-order chi connectivity index (χ1) is 29.8. The van der Waals surface area contributed by atoms with E-state index in [2.05, 4.69) is 16.0 Å². The fourth-order valence-corrected chi connectivity index (χ4v) is 8.71. The summed E-state index contributed by atoms with van der Waals surface area (Å²) < 4.78 is 17.6. The van der Waals surface area contributed by atoms with Crippen molar-refractivity contribution < 1.29 is 43.3 Å². The Kier molecular flexibility index (Phi) is 20.8. The van der Waals surface area contributed by atoms with Crippen molar-refractivity contribution in [2.45, 2.75) is 136 Å². The number of hydrogen-bond donors (Lipinski definition) is 4. The molecule has 4 N–H and O–H groups in total. The number of hydrogen-bond acceptors (Lipinski definition) is 10. The first-order valence-corrected chi connectivity index (χ1v) is 22.4. The molecule has 0 radical (unpaired) electrons. The van der Waals surface area contributed by atoms with Gasteiger partial charge in [0.15, 0.2) is 0 Å². The Morgan fingerprint density at radius 2 is 1.48 bits per heavy atom. The summed E-state index contributed by atoms with van der Waals surface area (Å²) in [5.74, 6) is -2.68. The van der Waals surface area contributed by atoms with E-state index in [1.54, 1.807) is 30.7 Å². The Morgan fingerprint density at radius 3 is 2.02 bits per heavy atom. The average molecular weight is 881 g/mol. The van der Waals surface area contributed by atoms with Crippen molar-refractivity contribution in [3.8, 4) is 0 Å². The van der Waals surface area contributed by atoms with Crippen LogP contribution in [-0.4, -0.2) is 134 Å². The number of amides is 5. The molecule has 15 heteroatoms. The van der Waals surface area contributed by atoms with Crippen LogP contribution in [0.1, 0.15) is 98.3 Å². The molecule has 1 aliphatic rings. The quantitative estimate of drug-likeness (QED) is 0.110. The zero-order valence-electron chi connectivity index (χ0n) is 39.9. The molecule has 0 bridgehead atoms. The van der Waals surface area contributed by atoms with Crippen molar-refractivity contribution in [1.29, 1.82) is 0 Å². The van der Waals surface area contributed by atoms with Crippen molar-refractivity contribution >= 4 is 35.4 Å². The summed E-state index contributed by atoms with van der Waals surface area (Å²) in [5, 5.41) is 19.8. The Hall–Kier alpha value is -4.73. The van der Waals surface area contributed by atoms with Crippen LogP contribution in [0, 0.1) is 23.7 Å². The summed E-state index contributed by atoms with van der Waals surface area (Å²) in [6.45, 7) is 15.4. The van der Waals surface area contributed by atoms with Gasteiger partial charge in [0.1, 0.15) is 18.7 Å². The number of ether oxygens (including phenoxy) is 3. The Balaban J connectivity index is 1.75. The van der Waals surface area contributed by atoms with E-state index < -0.39 is 60.4 Å². The van der Waals surface area contributed by atoms with Gasteiger partial charge in [-0.3, -0.25) is 24.1 Å². The predicted molar refractivity (Wildman–Crippen MR) is 244 cm³/mol. The van der Waals surface area contributed by atoms with Crippen LogP contribution in [0.25, 0.3) is 0 Å². The number of rotatable bonds is 23. The first-order valence-electron chi connectivity index (χ1n) is 22.4. The van der Waals surface area contributed by atoms with E-state index in [4.69, 9.17) is 14.2 Å². The third-order valence-electron chi connectivity index (χ3n) is 12.7. The predicted octanol–water partition coefficient (Wildman–Crippen LogP) is 5.62. The lowest BCUT2D eigenvalue weighted by Crippen LogP contribution is -2.60. The maximum absolute atomic E-state index is 14.5. The maximum Gasteiger partial charge on any atom is 0.410 e. The van der Waals surface area contributed by atoms with E-state index in [1.807, 2.05) is 103 Å². The van der Waals surface area contributed by atoms with E-state index in [1.165, 1.54) is 26.2 Å². The van der Waals surface area contributed by atoms with E-state index >= 15 is 0 Å². The number of aliphatic hydroxyl groups is 1. The monoisotopic (exact) mass is 881 g/mol. The molecule has 15 nitrogen and oxygen atoms in total. The standard InChI is InChI=1S/C48H76N6O9/c1-14-31(6)42(52(10)47(59)40(29(2)3)51-46(58)41(30(4)5)53(11)48(60)63-28-34-22-24-36(49-9)25-23-34)38(61-12)27-39(55)54-26-18-21-37(54)44(62-13)32(7)45(57)50-33(8)43(56)35-19-16-15-17-20-35/h15-17,19-20,22-25,29-33,37-38,40-44,49,56H,14,18,21,26-28H2,1-13H3,(H,50,57)(H,51,58)/t31-,32+,33+,37-,38+,40-,41-,42-,43+,44+/m0/s1. The molecule has 2 aromatic rings. The number of likely N-dealkylation sites (tertiary alicyclic amines) is 1. The number of anilines is 1. The van der Waals surface area contributed by atoms with E-state index in [0.29, 0.717) is 24.9 Å². The molecule has 3 rings (SSSR count). The average Bonchev–Trinajstić information content (AvgIpc) is 3.76. The molecule has 1 heterocycles. The summed E-state index contributed by atoms with van der Waals surface area (Å²) in [4.78, 5) is 74.3. The summed E-state index contributed by atoms with van der Waals surface area (Å²) >= 11 is 0.